The predicted molar refractivity (Wildman–Crippen MR) is 102 cm³/mol. The molecule has 0 bridgehead atoms. The first-order valence-electron chi connectivity index (χ1n) is 9.05. The smallest absolute Gasteiger partial charge is 0.408 e. The van der Waals surface area contributed by atoms with Gasteiger partial charge in [0, 0.05) is 30.4 Å². The number of hydrogen-bond donors (Lipinski definition) is 3. The molecule has 1 aliphatic heterocycles. The zero-order chi connectivity index (χ0) is 20.0. The number of nitrogens with zero attached hydrogens (tertiary/aromatic N) is 1. The Balaban J connectivity index is 1.72. The van der Waals surface area contributed by atoms with E-state index in [1.165, 1.54) is 0 Å². The number of carbonyl (C=O) groups is 3. The lowest BCUT2D eigenvalue weighted by Gasteiger charge is -2.32. The van der Waals surface area contributed by atoms with Gasteiger partial charge in [-0.15, -0.1) is 0 Å². The normalized spacial score (nSPS) is 15.1. The highest BCUT2D eigenvalue weighted by molar-refractivity contribution is 5.94. The van der Waals surface area contributed by atoms with Gasteiger partial charge >= 0.3 is 6.09 Å². The fourth-order valence-electron chi connectivity index (χ4n) is 2.78. The van der Waals surface area contributed by atoms with E-state index in [0.29, 0.717) is 37.2 Å². The van der Waals surface area contributed by atoms with Crippen LogP contribution in [0.15, 0.2) is 24.3 Å². The molecule has 2 rings (SSSR count). The summed E-state index contributed by atoms with van der Waals surface area (Å²) < 4.78 is 5.09. The van der Waals surface area contributed by atoms with Crippen LogP contribution in [0.25, 0.3) is 0 Å². The molecule has 0 atom stereocenters. The van der Waals surface area contributed by atoms with Gasteiger partial charge in [-0.25, -0.2) is 4.79 Å². The van der Waals surface area contributed by atoms with E-state index >= 15 is 0 Å². The van der Waals surface area contributed by atoms with Crippen molar-refractivity contribution in [3.05, 3.63) is 29.8 Å². The number of alkyl carbamates (subject to hydrolysis) is 1. The van der Waals surface area contributed by atoms with Gasteiger partial charge in [-0.3, -0.25) is 9.59 Å². The summed E-state index contributed by atoms with van der Waals surface area (Å²) in [5, 5.41) is 5.31. The molecule has 4 N–H and O–H groups in total. The Morgan fingerprint density at radius 2 is 1.74 bits per heavy atom. The van der Waals surface area contributed by atoms with Gasteiger partial charge in [-0.05, 0) is 57.9 Å². The van der Waals surface area contributed by atoms with Crippen LogP contribution in [0, 0.1) is 0 Å². The summed E-state index contributed by atoms with van der Waals surface area (Å²) in [6, 6.07) is 6.82. The van der Waals surface area contributed by atoms with Crippen LogP contribution in [0.1, 0.15) is 44.0 Å². The standard InChI is InChI=1S/C19H28N4O4/c1-19(2,3)27-18(26)21-12-16(24)22-15-8-10-23(11-9-15)17(25)13-4-6-14(20)7-5-13/h4-7,15H,8-12,20H2,1-3H3,(H,21,26)(H,22,24). The van der Waals surface area contributed by atoms with Crippen molar-refractivity contribution in [1.82, 2.24) is 15.5 Å². The maximum Gasteiger partial charge on any atom is 0.408 e. The van der Waals surface area contributed by atoms with Gasteiger partial charge in [0.1, 0.15) is 12.1 Å². The molecule has 0 spiro atoms. The molecule has 8 nitrogen and oxygen atoms in total. The van der Waals surface area contributed by atoms with E-state index in [4.69, 9.17) is 10.5 Å². The Morgan fingerprint density at radius 1 is 1.15 bits per heavy atom. The number of ether oxygens (including phenoxy) is 1. The fraction of sp³-hybridized carbons (Fsp3) is 0.526. The largest absolute Gasteiger partial charge is 0.444 e. The highest BCUT2D eigenvalue weighted by Crippen LogP contribution is 2.15. The van der Waals surface area contributed by atoms with Crippen molar-refractivity contribution in [1.29, 1.82) is 0 Å². The summed E-state index contributed by atoms with van der Waals surface area (Å²) in [7, 11) is 0. The van der Waals surface area contributed by atoms with E-state index in [0.717, 1.165) is 0 Å². The molecule has 1 fully saturated rings. The quantitative estimate of drug-likeness (QED) is 0.690. The lowest BCUT2D eigenvalue weighted by Crippen LogP contribution is -2.49. The third-order valence-electron chi connectivity index (χ3n) is 4.10. The molecule has 1 aromatic carbocycles. The van der Waals surface area contributed by atoms with Crippen molar-refractivity contribution in [3.8, 4) is 0 Å². The minimum atomic E-state index is -0.624. The Bertz CT molecular complexity index is 674. The van der Waals surface area contributed by atoms with Crippen LogP contribution in [-0.2, 0) is 9.53 Å². The Kier molecular flexibility index (Phi) is 6.65. The number of nitrogens with two attached hydrogens (primary N) is 1. The maximum absolute atomic E-state index is 12.5. The third-order valence-corrected chi connectivity index (χ3v) is 4.10. The number of nitrogens with one attached hydrogen (secondary N) is 2. The maximum atomic E-state index is 12.5. The minimum Gasteiger partial charge on any atom is -0.444 e. The first kappa shape index (κ1) is 20.5. The number of hydrogen-bond acceptors (Lipinski definition) is 5. The Labute approximate surface area is 159 Å². The van der Waals surface area contributed by atoms with Gasteiger partial charge in [0.15, 0.2) is 0 Å². The van der Waals surface area contributed by atoms with Gasteiger partial charge in [-0.2, -0.15) is 0 Å². The number of rotatable bonds is 4. The molecular formula is C19H28N4O4. The second-order valence-electron chi connectivity index (χ2n) is 7.61. The second-order valence-corrected chi connectivity index (χ2v) is 7.61. The molecule has 0 aliphatic carbocycles. The molecular weight excluding hydrogens is 348 g/mol. The molecule has 1 heterocycles. The molecule has 1 saturated heterocycles. The number of likely N-dealkylation sites (tertiary alicyclic amines) is 1. The molecule has 1 aliphatic rings. The van der Waals surface area contributed by atoms with Crippen molar-refractivity contribution < 1.29 is 19.1 Å². The molecule has 8 heteroatoms. The van der Waals surface area contributed by atoms with E-state index in [9.17, 15) is 14.4 Å². The Hall–Kier alpha value is -2.77. The van der Waals surface area contributed by atoms with Crippen LogP contribution in [0.4, 0.5) is 10.5 Å². The van der Waals surface area contributed by atoms with E-state index < -0.39 is 11.7 Å². The summed E-state index contributed by atoms with van der Waals surface area (Å²) in [5.74, 6) is -0.310. The third kappa shape index (κ3) is 6.80. The molecule has 148 valence electrons. The van der Waals surface area contributed by atoms with Crippen molar-refractivity contribution >= 4 is 23.6 Å². The molecule has 0 radical (unpaired) electrons. The molecule has 0 unspecified atom stereocenters. The number of anilines is 1. The van der Waals surface area contributed by atoms with E-state index in [1.54, 1.807) is 49.9 Å². The lowest BCUT2D eigenvalue weighted by atomic mass is 10.0. The molecule has 0 aromatic heterocycles. The van der Waals surface area contributed by atoms with E-state index in [-0.39, 0.29) is 24.4 Å². The predicted octanol–water partition coefficient (Wildman–Crippen LogP) is 1.51. The average Bonchev–Trinajstić information content (AvgIpc) is 2.59. The number of nitrogen functional groups attached to an aromatic ring is 1. The van der Waals surface area contributed by atoms with Crippen LogP contribution < -0.4 is 16.4 Å². The number of piperidine rings is 1. The lowest BCUT2D eigenvalue weighted by molar-refractivity contribution is -0.121. The van der Waals surface area contributed by atoms with Crippen molar-refractivity contribution in [2.24, 2.45) is 0 Å². The number of amides is 3. The summed E-state index contributed by atoms with van der Waals surface area (Å²) in [4.78, 5) is 37.8. The average molecular weight is 376 g/mol. The molecule has 1 aromatic rings. The van der Waals surface area contributed by atoms with Crippen LogP contribution >= 0.6 is 0 Å². The SMILES string of the molecule is CC(C)(C)OC(=O)NCC(=O)NC1CCN(C(=O)c2ccc(N)cc2)CC1. The molecule has 27 heavy (non-hydrogen) atoms. The number of carbonyl (C=O) groups excluding carboxylic acids is 3. The zero-order valence-corrected chi connectivity index (χ0v) is 16.1. The fourth-order valence-corrected chi connectivity index (χ4v) is 2.78. The zero-order valence-electron chi connectivity index (χ0n) is 16.1. The first-order chi connectivity index (χ1) is 12.6. The van der Waals surface area contributed by atoms with Crippen LogP contribution in [-0.4, -0.2) is 54.1 Å². The summed E-state index contributed by atoms with van der Waals surface area (Å²) in [6.07, 6.45) is 0.708. The highest BCUT2D eigenvalue weighted by Gasteiger charge is 2.25. The van der Waals surface area contributed by atoms with Crippen molar-refractivity contribution in [2.75, 3.05) is 25.4 Å². The minimum absolute atomic E-state index is 0.0200. The topological polar surface area (TPSA) is 114 Å². The summed E-state index contributed by atoms with van der Waals surface area (Å²) >= 11 is 0. The van der Waals surface area contributed by atoms with Gasteiger partial charge in [0.25, 0.3) is 5.91 Å². The first-order valence-corrected chi connectivity index (χ1v) is 9.05. The van der Waals surface area contributed by atoms with Crippen LogP contribution in [0.2, 0.25) is 0 Å². The summed E-state index contributed by atoms with van der Waals surface area (Å²) in [6.45, 7) is 6.26. The summed E-state index contributed by atoms with van der Waals surface area (Å²) in [5.41, 5.74) is 6.26. The highest BCUT2D eigenvalue weighted by atomic mass is 16.6. The molecule has 0 saturated carbocycles. The van der Waals surface area contributed by atoms with Crippen LogP contribution in [0.5, 0.6) is 0 Å². The van der Waals surface area contributed by atoms with Gasteiger partial charge in [0.05, 0.1) is 0 Å². The van der Waals surface area contributed by atoms with E-state index in [2.05, 4.69) is 10.6 Å². The monoisotopic (exact) mass is 376 g/mol. The van der Waals surface area contributed by atoms with Gasteiger partial charge < -0.3 is 26.0 Å². The molecule has 3 amide bonds. The van der Waals surface area contributed by atoms with Crippen molar-refractivity contribution in [3.63, 3.8) is 0 Å². The van der Waals surface area contributed by atoms with Crippen LogP contribution in [0.3, 0.4) is 0 Å². The van der Waals surface area contributed by atoms with Crippen molar-refractivity contribution in [2.45, 2.75) is 45.3 Å². The van der Waals surface area contributed by atoms with Gasteiger partial charge in [0.2, 0.25) is 5.91 Å². The van der Waals surface area contributed by atoms with E-state index in [1.807, 2.05) is 0 Å². The number of benzene rings is 1. The van der Waals surface area contributed by atoms with Gasteiger partial charge in [-0.1, -0.05) is 0 Å². The Morgan fingerprint density at radius 3 is 2.30 bits per heavy atom. The second kappa shape index (κ2) is 8.75.